The summed E-state index contributed by atoms with van der Waals surface area (Å²) in [4.78, 5) is 2.57. The van der Waals surface area contributed by atoms with E-state index in [4.69, 9.17) is 4.74 Å². The minimum Gasteiger partial charge on any atom is -0.497 e. The maximum Gasteiger partial charge on any atom is 0.213 e. The number of aromatic nitrogens is 1. The molecule has 32 heavy (non-hydrogen) atoms. The van der Waals surface area contributed by atoms with Gasteiger partial charge in [0.05, 0.1) is 12.5 Å². The highest BCUT2D eigenvalue weighted by atomic mass is 16.5. The molecule has 3 nitrogen and oxygen atoms in total. The normalized spacial score (nSPS) is 11.4. The fourth-order valence-electron chi connectivity index (χ4n) is 4.15. The van der Waals surface area contributed by atoms with Crippen molar-refractivity contribution in [2.45, 2.75) is 52.4 Å². The van der Waals surface area contributed by atoms with E-state index in [-0.39, 0.29) is 0 Å². The van der Waals surface area contributed by atoms with Crippen LogP contribution in [0.25, 0.3) is 23.1 Å². The van der Waals surface area contributed by atoms with Crippen LogP contribution in [0.3, 0.4) is 0 Å². The van der Waals surface area contributed by atoms with E-state index in [9.17, 15) is 0 Å². The number of methoxy groups -OCH3 is 1. The van der Waals surface area contributed by atoms with Gasteiger partial charge in [0, 0.05) is 30.9 Å². The number of hydrogen-bond donors (Lipinski definition) is 0. The van der Waals surface area contributed by atoms with Gasteiger partial charge >= 0.3 is 0 Å². The Balaban J connectivity index is 1.77. The highest BCUT2D eigenvalue weighted by Crippen LogP contribution is 2.24. The highest BCUT2D eigenvalue weighted by Gasteiger charge is 2.10. The summed E-state index contributed by atoms with van der Waals surface area (Å²) in [6, 6.07) is 17.5. The van der Waals surface area contributed by atoms with Crippen LogP contribution in [0.1, 0.15) is 63.5 Å². The Morgan fingerprint density at radius 1 is 0.844 bits per heavy atom. The number of ether oxygens (including phenoxy) is 1. The number of unbranched alkanes of at least 4 members (excludes halogenated alkanes) is 4. The predicted molar refractivity (Wildman–Crippen MR) is 138 cm³/mol. The van der Waals surface area contributed by atoms with E-state index in [2.05, 4.69) is 91.2 Å². The van der Waals surface area contributed by atoms with Gasteiger partial charge < -0.3 is 9.64 Å². The number of benzene rings is 2. The van der Waals surface area contributed by atoms with Crippen LogP contribution in [0.2, 0.25) is 0 Å². The molecule has 0 saturated heterocycles. The quantitative estimate of drug-likeness (QED) is 0.226. The van der Waals surface area contributed by atoms with Crippen LogP contribution in [0.4, 0.5) is 5.69 Å². The summed E-state index contributed by atoms with van der Waals surface area (Å²) in [5, 5.41) is 1.19. The van der Waals surface area contributed by atoms with Gasteiger partial charge in [-0.05, 0) is 48.2 Å². The summed E-state index contributed by atoms with van der Waals surface area (Å²) >= 11 is 0. The van der Waals surface area contributed by atoms with E-state index in [0.717, 1.165) is 18.8 Å². The Morgan fingerprint density at radius 2 is 1.53 bits per heavy atom. The first kappa shape index (κ1) is 23.8. The van der Waals surface area contributed by atoms with Gasteiger partial charge in [-0.25, -0.2) is 4.57 Å². The van der Waals surface area contributed by atoms with E-state index in [0.29, 0.717) is 0 Å². The lowest BCUT2D eigenvalue weighted by atomic mass is 10.1. The van der Waals surface area contributed by atoms with Crippen LogP contribution >= 0.6 is 0 Å². The molecule has 0 amide bonds. The standard InChI is InChI=1S/C29H39N2O/c1-5-7-9-20-31(21-10-8-6-2)26-15-12-24(13-16-26)11-14-25-19-22-30(3)29-18-17-27(32-4)23-28(25)29/h11-19,22-23H,5-10,20-21H2,1-4H3/q+1. The van der Waals surface area contributed by atoms with Crippen molar-refractivity contribution in [3.63, 3.8) is 0 Å². The fourth-order valence-corrected chi connectivity index (χ4v) is 4.15. The topological polar surface area (TPSA) is 16.4 Å². The van der Waals surface area contributed by atoms with Gasteiger partial charge in [-0.1, -0.05) is 63.8 Å². The third kappa shape index (κ3) is 6.35. The van der Waals surface area contributed by atoms with Crippen molar-refractivity contribution in [1.29, 1.82) is 0 Å². The predicted octanol–water partition coefficient (Wildman–Crippen LogP) is 7.03. The maximum atomic E-state index is 5.45. The number of nitrogens with zero attached hydrogens (tertiary/aromatic N) is 2. The molecular weight excluding hydrogens is 392 g/mol. The summed E-state index contributed by atoms with van der Waals surface area (Å²) in [5.74, 6) is 0.883. The molecule has 0 radical (unpaired) electrons. The summed E-state index contributed by atoms with van der Waals surface area (Å²) in [6.07, 6.45) is 14.2. The van der Waals surface area contributed by atoms with Gasteiger partial charge in [0.2, 0.25) is 5.52 Å². The van der Waals surface area contributed by atoms with Crippen molar-refractivity contribution >= 4 is 28.7 Å². The number of anilines is 1. The van der Waals surface area contributed by atoms with E-state index < -0.39 is 0 Å². The molecule has 0 unspecified atom stereocenters. The van der Waals surface area contributed by atoms with Crippen LogP contribution in [-0.4, -0.2) is 20.2 Å². The second kappa shape index (κ2) is 12.3. The molecule has 1 heterocycles. The van der Waals surface area contributed by atoms with Crippen molar-refractivity contribution in [2.75, 3.05) is 25.1 Å². The summed E-state index contributed by atoms with van der Waals surface area (Å²) in [6.45, 7) is 6.85. The van der Waals surface area contributed by atoms with Crippen molar-refractivity contribution in [3.8, 4) is 5.75 Å². The number of rotatable bonds is 12. The van der Waals surface area contributed by atoms with Crippen molar-refractivity contribution in [2.24, 2.45) is 7.05 Å². The number of aryl methyl sites for hydroxylation is 1. The molecule has 0 saturated carbocycles. The molecule has 3 aromatic rings. The Labute approximate surface area is 194 Å². The molecule has 0 aliphatic heterocycles. The first-order valence-electron chi connectivity index (χ1n) is 12.2. The van der Waals surface area contributed by atoms with Gasteiger partial charge in [-0.2, -0.15) is 0 Å². The molecule has 0 atom stereocenters. The third-order valence-electron chi connectivity index (χ3n) is 6.15. The van der Waals surface area contributed by atoms with Gasteiger partial charge in [0.1, 0.15) is 12.8 Å². The molecule has 3 rings (SSSR count). The molecule has 0 spiro atoms. The number of hydrogen-bond acceptors (Lipinski definition) is 2. The second-order valence-corrected chi connectivity index (χ2v) is 8.59. The van der Waals surface area contributed by atoms with Crippen LogP contribution in [-0.2, 0) is 7.05 Å². The Kier molecular flexibility index (Phi) is 9.15. The van der Waals surface area contributed by atoms with Crippen LogP contribution in [0, 0.1) is 0 Å². The average Bonchev–Trinajstić information content (AvgIpc) is 2.83. The first-order chi connectivity index (χ1) is 15.7. The van der Waals surface area contributed by atoms with Gasteiger partial charge in [-0.3, -0.25) is 0 Å². The van der Waals surface area contributed by atoms with Crippen LogP contribution in [0.5, 0.6) is 5.75 Å². The second-order valence-electron chi connectivity index (χ2n) is 8.59. The van der Waals surface area contributed by atoms with Gasteiger partial charge in [0.15, 0.2) is 6.20 Å². The van der Waals surface area contributed by atoms with Gasteiger partial charge in [-0.15, -0.1) is 0 Å². The monoisotopic (exact) mass is 431 g/mol. The smallest absolute Gasteiger partial charge is 0.213 e. The van der Waals surface area contributed by atoms with Crippen LogP contribution in [0.15, 0.2) is 54.7 Å². The Bertz CT molecular complexity index is 998. The lowest BCUT2D eigenvalue weighted by molar-refractivity contribution is -0.644. The molecule has 3 heteroatoms. The fraction of sp³-hybridized carbons (Fsp3) is 0.414. The van der Waals surface area contributed by atoms with Crippen molar-refractivity contribution in [3.05, 3.63) is 65.9 Å². The van der Waals surface area contributed by atoms with Crippen molar-refractivity contribution < 1.29 is 9.30 Å². The minimum atomic E-state index is 0.883. The summed E-state index contributed by atoms with van der Waals surface area (Å²) in [5.41, 5.74) is 4.95. The SMILES string of the molecule is CCCCCN(CCCCC)c1ccc(C=Cc2cc[n+](C)c3ccc(OC)cc23)cc1. The molecule has 170 valence electrons. The van der Waals surface area contributed by atoms with E-state index >= 15 is 0 Å². The number of pyridine rings is 1. The highest BCUT2D eigenvalue weighted by molar-refractivity contribution is 5.89. The molecule has 2 aromatic carbocycles. The van der Waals surface area contributed by atoms with E-state index in [1.165, 1.54) is 66.2 Å². The average molecular weight is 432 g/mol. The third-order valence-corrected chi connectivity index (χ3v) is 6.15. The van der Waals surface area contributed by atoms with Gasteiger partial charge in [0.25, 0.3) is 0 Å². The zero-order valence-electron chi connectivity index (χ0n) is 20.3. The number of fused-ring (bicyclic) bond motifs is 1. The largest absolute Gasteiger partial charge is 0.497 e. The molecule has 0 aliphatic rings. The molecule has 0 aliphatic carbocycles. The van der Waals surface area contributed by atoms with Crippen molar-refractivity contribution in [1.82, 2.24) is 0 Å². The maximum absolute atomic E-state index is 5.45. The van der Waals surface area contributed by atoms with E-state index in [1.54, 1.807) is 7.11 Å². The molecule has 0 N–H and O–H groups in total. The molecular formula is C29H39N2O+. The molecule has 0 bridgehead atoms. The Morgan fingerprint density at radius 3 is 2.16 bits per heavy atom. The zero-order valence-corrected chi connectivity index (χ0v) is 20.3. The van der Waals surface area contributed by atoms with E-state index in [1.807, 2.05) is 6.07 Å². The molecule has 0 fully saturated rings. The summed E-state index contributed by atoms with van der Waals surface area (Å²) in [7, 11) is 3.79. The lowest BCUT2D eigenvalue weighted by Crippen LogP contribution is -2.28. The molecule has 1 aromatic heterocycles. The zero-order chi connectivity index (χ0) is 22.8. The Hall–Kier alpha value is -2.81. The minimum absolute atomic E-state index is 0.883. The lowest BCUT2D eigenvalue weighted by Gasteiger charge is -2.25. The van der Waals surface area contributed by atoms with Crippen LogP contribution < -0.4 is 14.2 Å². The summed E-state index contributed by atoms with van der Waals surface area (Å²) < 4.78 is 7.59. The first-order valence-corrected chi connectivity index (χ1v) is 12.2.